The van der Waals surface area contributed by atoms with Crippen LogP contribution in [0.4, 0.5) is 5.69 Å². The number of para-hydroxylation sites is 1. The zero-order chi connectivity index (χ0) is 14.9. The fourth-order valence-electron chi connectivity index (χ4n) is 3.98. The van der Waals surface area contributed by atoms with Crippen LogP contribution in [0.1, 0.15) is 32.1 Å². The largest absolute Gasteiger partial charge is 0.486 e. The van der Waals surface area contributed by atoms with E-state index in [1.807, 2.05) is 18.2 Å². The molecule has 0 radical (unpaired) electrons. The normalized spacial score (nSPS) is 29.2. The highest BCUT2D eigenvalue weighted by Crippen LogP contribution is 2.38. The van der Waals surface area contributed by atoms with Crippen LogP contribution in [0, 0.1) is 5.92 Å². The van der Waals surface area contributed by atoms with E-state index in [1.165, 1.54) is 12.8 Å². The maximum Gasteiger partial charge on any atom is 0.224 e. The number of carbonyl (C=O) groups is 1. The van der Waals surface area contributed by atoms with E-state index in [4.69, 9.17) is 9.47 Å². The summed E-state index contributed by atoms with van der Waals surface area (Å²) in [6, 6.07) is 6.87. The molecule has 22 heavy (non-hydrogen) atoms. The Morgan fingerprint density at radius 2 is 1.95 bits per heavy atom. The van der Waals surface area contributed by atoms with Gasteiger partial charge in [0, 0.05) is 18.5 Å². The van der Waals surface area contributed by atoms with Gasteiger partial charge in [-0.3, -0.25) is 4.79 Å². The van der Waals surface area contributed by atoms with Gasteiger partial charge < -0.3 is 20.1 Å². The average Bonchev–Trinajstić information content (AvgIpc) is 2.86. The molecular formula is C17H22N2O3. The molecule has 0 aromatic heterocycles. The summed E-state index contributed by atoms with van der Waals surface area (Å²) in [6.45, 7) is 1.08. The Kier molecular flexibility index (Phi) is 3.66. The second kappa shape index (κ2) is 5.80. The van der Waals surface area contributed by atoms with Crippen molar-refractivity contribution >= 4 is 11.6 Å². The maximum atomic E-state index is 12.4. The molecule has 3 aliphatic rings. The second-order valence-corrected chi connectivity index (χ2v) is 6.56. The van der Waals surface area contributed by atoms with Crippen LogP contribution in [0.3, 0.4) is 0 Å². The molecular weight excluding hydrogens is 280 g/mol. The number of amides is 1. The van der Waals surface area contributed by atoms with Gasteiger partial charge in [0.25, 0.3) is 0 Å². The van der Waals surface area contributed by atoms with E-state index in [-0.39, 0.29) is 5.91 Å². The van der Waals surface area contributed by atoms with E-state index in [0.717, 1.165) is 18.5 Å². The maximum absolute atomic E-state index is 12.4. The Labute approximate surface area is 130 Å². The van der Waals surface area contributed by atoms with Crippen LogP contribution in [0.5, 0.6) is 11.5 Å². The quantitative estimate of drug-likeness (QED) is 0.899. The predicted molar refractivity (Wildman–Crippen MR) is 83.3 cm³/mol. The molecule has 1 aromatic carbocycles. The van der Waals surface area contributed by atoms with Crippen molar-refractivity contribution in [1.82, 2.24) is 5.32 Å². The molecule has 3 atom stereocenters. The molecule has 1 aromatic rings. The van der Waals surface area contributed by atoms with Crippen LogP contribution in [-0.4, -0.2) is 31.2 Å². The van der Waals surface area contributed by atoms with Gasteiger partial charge in [-0.05, 0) is 43.7 Å². The summed E-state index contributed by atoms with van der Waals surface area (Å²) in [4.78, 5) is 12.4. The summed E-state index contributed by atoms with van der Waals surface area (Å²) in [5, 5.41) is 6.62. The number of carbonyl (C=O) groups excluding carboxylic acids is 1. The fraction of sp³-hybridized carbons (Fsp3) is 0.588. The molecule has 0 aliphatic carbocycles. The summed E-state index contributed by atoms with van der Waals surface area (Å²) < 4.78 is 11.2. The van der Waals surface area contributed by atoms with Crippen molar-refractivity contribution in [2.75, 3.05) is 18.5 Å². The van der Waals surface area contributed by atoms with Crippen molar-refractivity contribution in [3.05, 3.63) is 18.2 Å². The molecule has 0 saturated carbocycles. The second-order valence-electron chi connectivity index (χ2n) is 6.56. The molecule has 1 unspecified atom stereocenters. The Hall–Kier alpha value is -1.75. The third kappa shape index (κ3) is 2.77. The number of ether oxygens (including phenoxy) is 2. The Morgan fingerprint density at radius 1 is 1.18 bits per heavy atom. The lowest BCUT2D eigenvalue weighted by Crippen LogP contribution is -2.39. The van der Waals surface area contributed by atoms with Gasteiger partial charge in [0.1, 0.15) is 13.2 Å². The van der Waals surface area contributed by atoms with Crippen molar-refractivity contribution < 1.29 is 14.3 Å². The summed E-state index contributed by atoms with van der Waals surface area (Å²) in [5.74, 6) is 1.95. The van der Waals surface area contributed by atoms with Gasteiger partial charge in [-0.15, -0.1) is 0 Å². The first-order valence-corrected chi connectivity index (χ1v) is 8.22. The third-order valence-electron chi connectivity index (χ3n) is 4.89. The highest BCUT2D eigenvalue weighted by Gasteiger charge is 2.34. The Morgan fingerprint density at radius 3 is 2.77 bits per heavy atom. The van der Waals surface area contributed by atoms with E-state index in [9.17, 15) is 4.79 Å². The van der Waals surface area contributed by atoms with Gasteiger partial charge in [0.15, 0.2) is 11.5 Å². The SMILES string of the molecule is O=C(CC1C[C@H]2CC[C@@H](C1)N2)Nc1cccc2c1OCCO2. The number of hydrogen-bond donors (Lipinski definition) is 2. The zero-order valence-corrected chi connectivity index (χ0v) is 12.6. The number of rotatable bonds is 3. The number of fused-ring (bicyclic) bond motifs is 3. The number of nitrogens with one attached hydrogen (secondary N) is 2. The van der Waals surface area contributed by atoms with Gasteiger partial charge in [-0.2, -0.15) is 0 Å². The molecule has 2 saturated heterocycles. The first-order chi connectivity index (χ1) is 10.8. The van der Waals surface area contributed by atoms with E-state index in [1.54, 1.807) is 0 Å². The molecule has 2 bridgehead atoms. The molecule has 5 nitrogen and oxygen atoms in total. The number of hydrogen-bond acceptors (Lipinski definition) is 4. The van der Waals surface area contributed by atoms with Crippen LogP contribution < -0.4 is 20.1 Å². The van der Waals surface area contributed by atoms with Crippen molar-refractivity contribution in [1.29, 1.82) is 0 Å². The summed E-state index contributed by atoms with van der Waals surface area (Å²) in [5.41, 5.74) is 0.721. The molecule has 4 rings (SSSR count). The minimum absolute atomic E-state index is 0.0777. The van der Waals surface area contributed by atoms with Crippen LogP contribution in [-0.2, 0) is 4.79 Å². The molecule has 3 heterocycles. The molecule has 2 N–H and O–H groups in total. The highest BCUT2D eigenvalue weighted by molar-refractivity contribution is 5.93. The standard InChI is InChI=1S/C17H22N2O3/c20-16(10-11-8-12-4-5-13(9-11)18-12)19-14-2-1-3-15-17(14)22-7-6-21-15/h1-3,11-13,18H,4-10H2,(H,19,20)/t11?,12-,13+. The topological polar surface area (TPSA) is 59.6 Å². The Bertz CT molecular complexity index is 563. The smallest absolute Gasteiger partial charge is 0.224 e. The van der Waals surface area contributed by atoms with Gasteiger partial charge in [-0.25, -0.2) is 0 Å². The number of anilines is 1. The van der Waals surface area contributed by atoms with Crippen molar-refractivity contribution in [3.63, 3.8) is 0 Å². The van der Waals surface area contributed by atoms with Crippen LogP contribution >= 0.6 is 0 Å². The molecule has 118 valence electrons. The van der Waals surface area contributed by atoms with Gasteiger partial charge in [0.05, 0.1) is 5.69 Å². The van der Waals surface area contributed by atoms with E-state index in [2.05, 4.69) is 10.6 Å². The number of benzene rings is 1. The van der Waals surface area contributed by atoms with Crippen molar-refractivity contribution in [2.24, 2.45) is 5.92 Å². The van der Waals surface area contributed by atoms with E-state index in [0.29, 0.717) is 49.1 Å². The monoisotopic (exact) mass is 302 g/mol. The molecule has 1 amide bonds. The molecule has 2 fully saturated rings. The summed E-state index contributed by atoms with van der Waals surface area (Å²) in [7, 11) is 0. The van der Waals surface area contributed by atoms with Crippen LogP contribution in [0.25, 0.3) is 0 Å². The van der Waals surface area contributed by atoms with Gasteiger partial charge in [-0.1, -0.05) is 6.07 Å². The third-order valence-corrected chi connectivity index (χ3v) is 4.89. The lowest BCUT2D eigenvalue weighted by Gasteiger charge is -2.28. The molecule has 0 spiro atoms. The van der Waals surface area contributed by atoms with Crippen LogP contribution in [0.2, 0.25) is 0 Å². The lowest BCUT2D eigenvalue weighted by molar-refractivity contribution is -0.117. The average molecular weight is 302 g/mol. The summed E-state index contributed by atoms with van der Waals surface area (Å²) >= 11 is 0. The van der Waals surface area contributed by atoms with E-state index >= 15 is 0 Å². The zero-order valence-electron chi connectivity index (χ0n) is 12.6. The minimum Gasteiger partial charge on any atom is -0.486 e. The molecule has 5 heteroatoms. The van der Waals surface area contributed by atoms with Crippen molar-refractivity contribution in [3.8, 4) is 11.5 Å². The van der Waals surface area contributed by atoms with Crippen molar-refractivity contribution in [2.45, 2.75) is 44.2 Å². The highest BCUT2D eigenvalue weighted by atomic mass is 16.6. The van der Waals surface area contributed by atoms with Crippen LogP contribution in [0.15, 0.2) is 18.2 Å². The number of piperidine rings is 1. The predicted octanol–water partition coefficient (Wildman–Crippen LogP) is 2.32. The lowest BCUT2D eigenvalue weighted by atomic mass is 9.89. The first kappa shape index (κ1) is 13.9. The molecule has 3 aliphatic heterocycles. The first-order valence-electron chi connectivity index (χ1n) is 8.22. The van der Waals surface area contributed by atoms with Gasteiger partial charge in [0.2, 0.25) is 5.91 Å². The minimum atomic E-state index is 0.0777. The fourth-order valence-corrected chi connectivity index (χ4v) is 3.98. The Balaban J connectivity index is 1.40. The van der Waals surface area contributed by atoms with E-state index < -0.39 is 0 Å². The van der Waals surface area contributed by atoms with Gasteiger partial charge >= 0.3 is 0 Å². The summed E-state index contributed by atoms with van der Waals surface area (Å²) in [6.07, 6.45) is 5.37.